The average Bonchev–Trinajstić information content (AvgIpc) is 2.60. The quantitative estimate of drug-likeness (QED) is 0.651. The van der Waals surface area contributed by atoms with E-state index in [4.69, 9.17) is 9.47 Å². The van der Waals surface area contributed by atoms with Crippen molar-refractivity contribution in [2.75, 3.05) is 34.4 Å². The van der Waals surface area contributed by atoms with E-state index in [1.54, 1.807) is 19.1 Å². The fraction of sp³-hybridized carbons (Fsp3) is 0.529. The van der Waals surface area contributed by atoms with Crippen LogP contribution in [0, 0.1) is 0 Å². The summed E-state index contributed by atoms with van der Waals surface area (Å²) in [5.74, 6) is 1.04. The van der Waals surface area contributed by atoms with Gasteiger partial charge >= 0.3 is 5.97 Å². The van der Waals surface area contributed by atoms with Crippen LogP contribution in [-0.4, -0.2) is 51.2 Å². The lowest BCUT2D eigenvalue weighted by atomic mass is 10.1. The van der Waals surface area contributed by atoms with Gasteiger partial charge in [-0.05, 0) is 24.1 Å². The van der Waals surface area contributed by atoms with Crippen molar-refractivity contribution in [3.05, 3.63) is 23.8 Å². The normalized spacial score (nSPS) is 10.1. The predicted molar refractivity (Wildman–Crippen MR) is 86.8 cm³/mol. The number of ether oxygens (including phenoxy) is 3. The van der Waals surface area contributed by atoms with Gasteiger partial charge in [-0.2, -0.15) is 0 Å². The number of esters is 1. The Labute approximate surface area is 137 Å². The molecular weight excluding hydrogens is 298 g/mol. The van der Waals surface area contributed by atoms with Gasteiger partial charge in [0, 0.05) is 19.5 Å². The summed E-state index contributed by atoms with van der Waals surface area (Å²) < 4.78 is 15.1. The zero-order valence-corrected chi connectivity index (χ0v) is 14.3. The van der Waals surface area contributed by atoms with E-state index in [0.29, 0.717) is 37.4 Å². The summed E-state index contributed by atoms with van der Waals surface area (Å²) in [4.78, 5) is 24.9. The lowest BCUT2D eigenvalue weighted by molar-refractivity contribution is -0.141. The zero-order valence-electron chi connectivity index (χ0n) is 14.3. The molecule has 1 aromatic carbocycles. The number of methoxy groups -OCH3 is 3. The Morgan fingerprint density at radius 1 is 1.04 bits per heavy atom. The molecule has 0 saturated carbocycles. The Morgan fingerprint density at radius 3 is 2.30 bits per heavy atom. The average molecular weight is 323 g/mol. The maximum atomic E-state index is 12.0. The van der Waals surface area contributed by atoms with Gasteiger partial charge in [-0.3, -0.25) is 9.59 Å². The zero-order chi connectivity index (χ0) is 17.2. The van der Waals surface area contributed by atoms with E-state index in [1.165, 1.54) is 7.11 Å². The Morgan fingerprint density at radius 2 is 1.74 bits per heavy atom. The minimum Gasteiger partial charge on any atom is -0.493 e. The van der Waals surface area contributed by atoms with Crippen molar-refractivity contribution >= 4 is 11.9 Å². The monoisotopic (exact) mass is 323 g/mol. The molecule has 0 spiro atoms. The smallest absolute Gasteiger partial charge is 0.307 e. The van der Waals surface area contributed by atoms with Crippen molar-refractivity contribution in [2.45, 2.75) is 26.2 Å². The van der Waals surface area contributed by atoms with Crippen LogP contribution in [-0.2, 0) is 20.7 Å². The minimum atomic E-state index is -0.315. The molecule has 23 heavy (non-hydrogen) atoms. The summed E-state index contributed by atoms with van der Waals surface area (Å²) in [6.07, 6.45) is 1.29. The minimum absolute atomic E-state index is 0.0226. The van der Waals surface area contributed by atoms with Crippen LogP contribution in [0.5, 0.6) is 11.5 Å². The molecule has 0 aliphatic rings. The van der Waals surface area contributed by atoms with Gasteiger partial charge in [-0.15, -0.1) is 0 Å². The van der Waals surface area contributed by atoms with Crippen molar-refractivity contribution in [1.82, 2.24) is 4.90 Å². The van der Waals surface area contributed by atoms with Crippen molar-refractivity contribution in [1.29, 1.82) is 0 Å². The molecule has 0 aliphatic carbocycles. The molecule has 1 rings (SSSR count). The van der Waals surface area contributed by atoms with E-state index in [9.17, 15) is 9.59 Å². The molecule has 0 aliphatic heterocycles. The van der Waals surface area contributed by atoms with E-state index in [2.05, 4.69) is 4.74 Å². The molecule has 0 bridgehead atoms. The lowest BCUT2D eigenvalue weighted by Crippen LogP contribution is -2.34. The number of rotatable bonds is 9. The SMILES string of the molecule is CCC(=O)N(CCC(=O)OC)CCc1ccc(OC)c(OC)c1. The fourth-order valence-electron chi connectivity index (χ4n) is 2.21. The first kappa shape index (κ1) is 18.8. The van der Waals surface area contributed by atoms with Gasteiger partial charge < -0.3 is 19.1 Å². The van der Waals surface area contributed by atoms with Gasteiger partial charge in [-0.25, -0.2) is 0 Å². The molecule has 0 aromatic heterocycles. The first-order valence-electron chi connectivity index (χ1n) is 7.61. The van der Waals surface area contributed by atoms with Crippen molar-refractivity contribution in [3.8, 4) is 11.5 Å². The van der Waals surface area contributed by atoms with Crippen LogP contribution in [0.25, 0.3) is 0 Å². The Kier molecular flexibility index (Phi) is 7.94. The second kappa shape index (κ2) is 9.71. The molecule has 0 fully saturated rings. The first-order valence-corrected chi connectivity index (χ1v) is 7.61. The molecule has 0 heterocycles. The maximum Gasteiger partial charge on any atom is 0.307 e. The van der Waals surface area contributed by atoms with Crippen LogP contribution in [0.2, 0.25) is 0 Å². The molecular formula is C17H25NO5. The molecule has 0 saturated heterocycles. The van der Waals surface area contributed by atoms with Crippen molar-refractivity contribution in [2.24, 2.45) is 0 Å². The first-order chi connectivity index (χ1) is 11.0. The van der Waals surface area contributed by atoms with Crippen molar-refractivity contribution in [3.63, 3.8) is 0 Å². The van der Waals surface area contributed by atoms with Gasteiger partial charge in [0.25, 0.3) is 0 Å². The number of carbonyl (C=O) groups excluding carboxylic acids is 2. The van der Waals surface area contributed by atoms with Crippen LogP contribution in [0.4, 0.5) is 0 Å². The molecule has 128 valence electrons. The second-order valence-electron chi connectivity index (χ2n) is 5.00. The summed E-state index contributed by atoms with van der Waals surface area (Å²) in [5.41, 5.74) is 1.04. The number of hydrogen-bond donors (Lipinski definition) is 0. The number of carbonyl (C=O) groups is 2. The largest absolute Gasteiger partial charge is 0.493 e. The van der Waals surface area contributed by atoms with Gasteiger partial charge in [0.15, 0.2) is 11.5 Å². The Hall–Kier alpha value is -2.24. The number of nitrogens with zero attached hydrogens (tertiary/aromatic N) is 1. The predicted octanol–water partition coefficient (Wildman–Crippen LogP) is 2.05. The number of benzene rings is 1. The van der Waals surface area contributed by atoms with Gasteiger partial charge in [0.1, 0.15) is 0 Å². The third-order valence-electron chi connectivity index (χ3n) is 3.59. The van der Waals surface area contributed by atoms with Crippen LogP contribution < -0.4 is 9.47 Å². The third kappa shape index (κ3) is 5.81. The second-order valence-corrected chi connectivity index (χ2v) is 5.00. The topological polar surface area (TPSA) is 65.1 Å². The lowest BCUT2D eigenvalue weighted by Gasteiger charge is -2.22. The number of amides is 1. The van der Waals surface area contributed by atoms with E-state index in [0.717, 1.165) is 5.56 Å². The Balaban J connectivity index is 2.70. The molecule has 1 aromatic rings. The van der Waals surface area contributed by atoms with Crippen LogP contribution in [0.1, 0.15) is 25.3 Å². The van der Waals surface area contributed by atoms with Crippen LogP contribution in [0.3, 0.4) is 0 Å². The summed E-state index contributed by atoms with van der Waals surface area (Å²) in [6, 6.07) is 5.68. The molecule has 0 N–H and O–H groups in total. The van der Waals surface area contributed by atoms with Gasteiger partial charge in [-0.1, -0.05) is 13.0 Å². The highest BCUT2D eigenvalue weighted by Gasteiger charge is 2.14. The maximum absolute atomic E-state index is 12.0. The van der Waals surface area contributed by atoms with Gasteiger partial charge in [0.2, 0.25) is 5.91 Å². The Bertz CT molecular complexity index is 530. The van der Waals surface area contributed by atoms with Crippen molar-refractivity contribution < 1.29 is 23.8 Å². The summed E-state index contributed by atoms with van der Waals surface area (Å²) in [6.45, 7) is 2.72. The fourth-order valence-corrected chi connectivity index (χ4v) is 2.21. The van der Waals surface area contributed by atoms with Gasteiger partial charge in [0.05, 0.1) is 27.8 Å². The van der Waals surface area contributed by atoms with E-state index < -0.39 is 0 Å². The summed E-state index contributed by atoms with van der Waals surface area (Å²) in [7, 11) is 4.52. The number of hydrogen-bond acceptors (Lipinski definition) is 5. The van der Waals surface area contributed by atoms with E-state index in [-0.39, 0.29) is 18.3 Å². The highest BCUT2D eigenvalue weighted by Crippen LogP contribution is 2.27. The third-order valence-corrected chi connectivity index (χ3v) is 3.59. The van der Waals surface area contributed by atoms with Crippen LogP contribution in [0.15, 0.2) is 18.2 Å². The molecule has 6 nitrogen and oxygen atoms in total. The van der Waals surface area contributed by atoms with E-state index >= 15 is 0 Å². The highest BCUT2D eigenvalue weighted by atomic mass is 16.5. The molecule has 0 radical (unpaired) electrons. The molecule has 0 atom stereocenters. The standard InChI is InChI=1S/C17H25NO5/c1-5-16(19)18(11-9-17(20)23-4)10-8-13-6-7-14(21-2)15(12-13)22-3/h6-7,12H,5,8-11H2,1-4H3. The highest BCUT2D eigenvalue weighted by molar-refractivity contribution is 5.77. The summed E-state index contributed by atoms with van der Waals surface area (Å²) >= 11 is 0. The molecule has 6 heteroatoms. The summed E-state index contributed by atoms with van der Waals surface area (Å²) in [5, 5.41) is 0. The van der Waals surface area contributed by atoms with E-state index in [1.807, 2.05) is 25.1 Å². The van der Waals surface area contributed by atoms with Crippen LogP contribution >= 0.6 is 0 Å². The molecule has 0 unspecified atom stereocenters. The molecule has 1 amide bonds.